The van der Waals surface area contributed by atoms with Gasteiger partial charge in [0.15, 0.2) is 0 Å². The minimum atomic E-state index is -0.861. The van der Waals surface area contributed by atoms with E-state index in [4.69, 9.17) is 5.73 Å². The first-order valence-corrected chi connectivity index (χ1v) is 4.59. The normalized spacial score (nSPS) is 10.1. The maximum absolute atomic E-state index is 13.1. The van der Waals surface area contributed by atoms with E-state index in [2.05, 4.69) is 5.32 Å². The topological polar surface area (TPSA) is 55.1 Å². The molecular formula is C10H12F2N2O. The van der Waals surface area contributed by atoms with E-state index in [-0.39, 0.29) is 0 Å². The van der Waals surface area contributed by atoms with E-state index < -0.39 is 23.1 Å². The highest BCUT2D eigenvalue weighted by Gasteiger charge is 2.15. The second kappa shape index (κ2) is 5.41. The highest BCUT2D eigenvalue weighted by Crippen LogP contribution is 2.11. The smallest absolute Gasteiger partial charge is 0.257 e. The molecule has 0 heterocycles. The van der Waals surface area contributed by atoms with Crippen molar-refractivity contribution in [1.82, 2.24) is 5.32 Å². The van der Waals surface area contributed by atoms with Gasteiger partial charge in [-0.15, -0.1) is 0 Å². The van der Waals surface area contributed by atoms with Gasteiger partial charge in [-0.2, -0.15) is 0 Å². The summed E-state index contributed by atoms with van der Waals surface area (Å²) in [5, 5.41) is 2.38. The summed E-state index contributed by atoms with van der Waals surface area (Å²) in [6.07, 6.45) is 0.571. The Bertz CT molecular complexity index is 335. The molecule has 0 aliphatic heterocycles. The second-order valence-electron chi connectivity index (χ2n) is 2.99. The molecule has 1 rings (SSSR count). The van der Waals surface area contributed by atoms with Crippen LogP contribution in [-0.4, -0.2) is 19.0 Å². The first kappa shape index (κ1) is 11.6. The van der Waals surface area contributed by atoms with Crippen molar-refractivity contribution in [3.63, 3.8) is 0 Å². The number of amides is 1. The Morgan fingerprint density at radius 3 is 2.47 bits per heavy atom. The average Bonchev–Trinajstić information content (AvgIpc) is 2.18. The molecule has 0 unspecified atom stereocenters. The summed E-state index contributed by atoms with van der Waals surface area (Å²) >= 11 is 0. The second-order valence-corrected chi connectivity index (χ2v) is 2.99. The van der Waals surface area contributed by atoms with E-state index in [9.17, 15) is 13.6 Å². The standard InChI is InChI=1S/C10H12F2N2O/c11-7-3-1-4-8(12)9(7)10(15)14-6-2-5-13/h1,3-4H,2,5-6,13H2,(H,14,15). The van der Waals surface area contributed by atoms with E-state index in [0.717, 1.165) is 12.1 Å². The van der Waals surface area contributed by atoms with E-state index in [1.165, 1.54) is 6.07 Å². The summed E-state index contributed by atoms with van der Waals surface area (Å²) in [4.78, 5) is 11.3. The molecule has 0 aliphatic carbocycles. The third-order valence-electron chi connectivity index (χ3n) is 1.86. The number of nitrogens with two attached hydrogens (primary N) is 1. The Labute approximate surface area is 86.3 Å². The Balaban J connectivity index is 2.73. The third kappa shape index (κ3) is 2.99. The van der Waals surface area contributed by atoms with Crippen molar-refractivity contribution in [2.24, 2.45) is 5.73 Å². The van der Waals surface area contributed by atoms with Crippen molar-refractivity contribution in [3.05, 3.63) is 35.4 Å². The summed E-state index contributed by atoms with van der Waals surface area (Å²) in [6, 6.07) is 3.29. The fourth-order valence-corrected chi connectivity index (χ4v) is 1.11. The Kier molecular flexibility index (Phi) is 4.17. The minimum absolute atomic E-state index is 0.309. The van der Waals surface area contributed by atoms with Crippen LogP contribution >= 0.6 is 0 Å². The first-order chi connectivity index (χ1) is 7.16. The highest BCUT2D eigenvalue weighted by atomic mass is 19.1. The molecule has 0 radical (unpaired) electrons. The van der Waals surface area contributed by atoms with Crippen molar-refractivity contribution in [2.45, 2.75) is 6.42 Å². The fourth-order valence-electron chi connectivity index (χ4n) is 1.11. The van der Waals surface area contributed by atoms with Crippen molar-refractivity contribution >= 4 is 5.91 Å². The number of halogens is 2. The molecule has 3 nitrogen and oxygen atoms in total. The molecular weight excluding hydrogens is 202 g/mol. The summed E-state index contributed by atoms with van der Waals surface area (Å²) in [5.41, 5.74) is 4.67. The van der Waals surface area contributed by atoms with Gasteiger partial charge in [0.1, 0.15) is 17.2 Å². The van der Waals surface area contributed by atoms with Crippen LogP contribution in [0.25, 0.3) is 0 Å². The van der Waals surface area contributed by atoms with Gasteiger partial charge in [0.2, 0.25) is 0 Å². The lowest BCUT2D eigenvalue weighted by Crippen LogP contribution is -2.27. The zero-order chi connectivity index (χ0) is 11.3. The van der Waals surface area contributed by atoms with Gasteiger partial charge in [-0.3, -0.25) is 4.79 Å². The Hall–Kier alpha value is -1.49. The van der Waals surface area contributed by atoms with Gasteiger partial charge in [-0.25, -0.2) is 8.78 Å². The number of rotatable bonds is 4. The van der Waals surface area contributed by atoms with Gasteiger partial charge in [-0.05, 0) is 25.1 Å². The molecule has 1 aromatic rings. The van der Waals surface area contributed by atoms with Crippen molar-refractivity contribution in [3.8, 4) is 0 Å². The van der Waals surface area contributed by atoms with Gasteiger partial charge in [0.25, 0.3) is 5.91 Å². The minimum Gasteiger partial charge on any atom is -0.352 e. The van der Waals surface area contributed by atoms with Gasteiger partial charge >= 0.3 is 0 Å². The zero-order valence-corrected chi connectivity index (χ0v) is 8.09. The largest absolute Gasteiger partial charge is 0.352 e. The van der Waals surface area contributed by atoms with E-state index in [1.54, 1.807) is 0 Å². The number of nitrogens with one attached hydrogen (secondary N) is 1. The van der Waals surface area contributed by atoms with Crippen LogP contribution in [0.1, 0.15) is 16.8 Å². The quantitative estimate of drug-likeness (QED) is 0.736. The molecule has 0 aromatic heterocycles. The van der Waals surface area contributed by atoms with Gasteiger partial charge in [0.05, 0.1) is 0 Å². The van der Waals surface area contributed by atoms with Gasteiger partial charge in [0, 0.05) is 6.54 Å². The predicted molar refractivity (Wildman–Crippen MR) is 52.4 cm³/mol. The number of benzene rings is 1. The number of carbonyl (C=O) groups is 1. The lowest BCUT2D eigenvalue weighted by molar-refractivity contribution is 0.0945. The fraction of sp³-hybridized carbons (Fsp3) is 0.300. The maximum Gasteiger partial charge on any atom is 0.257 e. The molecule has 0 saturated heterocycles. The Morgan fingerprint density at radius 2 is 1.93 bits per heavy atom. The molecule has 1 aromatic carbocycles. The molecule has 0 atom stereocenters. The van der Waals surface area contributed by atoms with Crippen LogP contribution in [-0.2, 0) is 0 Å². The van der Waals surface area contributed by atoms with Gasteiger partial charge in [-0.1, -0.05) is 6.07 Å². The van der Waals surface area contributed by atoms with Crippen LogP contribution in [0.2, 0.25) is 0 Å². The van der Waals surface area contributed by atoms with E-state index >= 15 is 0 Å². The molecule has 0 saturated carbocycles. The lowest BCUT2D eigenvalue weighted by atomic mass is 10.2. The van der Waals surface area contributed by atoms with Crippen LogP contribution in [0.3, 0.4) is 0 Å². The zero-order valence-electron chi connectivity index (χ0n) is 8.09. The molecule has 5 heteroatoms. The number of hydrogen-bond acceptors (Lipinski definition) is 2. The molecule has 3 N–H and O–H groups in total. The summed E-state index contributed by atoms with van der Waals surface area (Å²) in [7, 11) is 0. The molecule has 82 valence electrons. The van der Waals surface area contributed by atoms with Crippen LogP contribution in [0.5, 0.6) is 0 Å². The SMILES string of the molecule is NCCCNC(=O)c1c(F)cccc1F. The van der Waals surface area contributed by atoms with Crippen LogP contribution in [0.4, 0.5) is 8.78 Å². The molecule has 15 heavy (non-hydrogen) atoms. The summed E-state index contributed by atoms with van der Waals surface area (Å²) < 4.78 is 26.2. The predicted octanol–water partition coefficient (Wildman–Crippen LogP) is 1.04. The van der Waals surface area contributed by atoms with E-state index in [1.807, 2.05) is 0 Å². The van der Waals surface area contributed by atoms with Crippen molar-refractivity contribution in [1.29, 1.82) is 0 Å². The van der Waals surface area contributed by atoms with Crippen LogP contribution in [0.15, 0.2) is 18.2 Å². The molecule has 1 amide bonds. The van der Waals surface area contributed by atoms with Crippen molar-refractivity contribution in [2.75, 3.05) is 13.1 Å². The van der Waals surface area contributed by atoms with Crippen molar-refractivity contribution < 1.29 is 13.6 Å². The van der Waals surface area contributed by atoms with E-state index in [0.29, 0.717) is 19.5 Å². The molecule has 0 fully saturated rings. The molecule has 0 spiro atoms. The highest BCUT2D eigenvalue weighted by molar-refractivity contribution is 5.94. The Morgan fingerprint density at radius 1 is 1.33 bits per heavy atom. The average molecular weight is 214 g/mol. The summed E-state index contributed by atoms with van der Waals surface area (Å²) in [5.74, 6) is -2.47. The molecule has 0 bridgehead atoms. The number of hydrogen-bond donors (Lipinski definition) is 2. The summed E-state index contributed by atoms with van der Waals surface area (Å²) in [6.45, 7) is 0.725. The van der Waals surface area contributed by atoms with Gasteiger partial charge < -0.3 is 11.1 Å². The lowest BCUT2D eigenvalue weighted by Gasteiger charge is -2.05. The first-order valence-electron chi connectivity index (χ1n) is 4.59. The third-order valence-corrected chi connectivity index (χ3v) is 1.86. The van der Waals surface area contributed by atoms with Crippen LogP contribution in [0, 0.1) is 11.6 Å². The number of carbonyl (C=O) groups excluding carboxylic acids is 1. The maximum atomic E-state index is 13.1. The monoisotopic (exact) mass is 214 g/mol. The molecule has 0 aliphatic rings. The van der Waals surface area contributed by atoms with Crippen LogP contribution < -0.4 is 11.1 Å².